The molecule has 0 bridgehead atoms. The zero-order valence-corrected chi connectivity index (χ0v) is 11.3. The van der Waals surface area contributed by atoms with Crippen LogP contribution in [0.4, 0.5) is 14.5 Å². The Morgan fingerprint density at radius 1 is 1.05 bits per heavy atom. The number of hydrogen-bond acceptors (Lipinski definition) is 2. The Morgan fingerprint density at radius 2 is 1.81 bits per heavy atom. The summed E-state index contributed by atoms with van der Waals surface area (Å²) in [6.07, 6.45) is 0. The minimum absolute atomic E-state index is 0.000972. The molecule has 0 saturated carbocycles. The van der Waals surface area contributed by atoms with Crippen LogP contribution < -0.4 is 4.90 Å². The molecular weight excluding hydrogens is 300 g/mol. The molecule has 2 aromatic rings. The number of anilines is 1. The highest BCUT2D eigenvalue weighted by atomic mass is 35.5. The maximum Gasteiger partial charge on any atom is 0.299 e. The van der Waals surface area contributed by atoms with E-state index in [-0.39, 0.29) is 17.7 Å². The van der Waals surface area contributed by atoms with Crippen LogP contribution in [-0.2, 0) is 11.3 Å². The van der Waals surface area contributed by atoms with Crippen molar-refractivity contribution in [3.63, 3.8) is 0 Å². The molecule has 0 aromatic heterocycles. The number of benzene rings is 2. The maximum absolute atomic E-state index is 13.7. The van der Waals surface area contributed by atoms with Gasteiger partial charge in [-0.15, -0.1) is 0 Å². The van der Waals surface area contributed by atoms with Crippen molar-refractivity contribution in [2.45, 2.75) is 6.54 Å². The number of ketones is 1. The average Bonchev–Trinajstić information content (AvgIpc) is 2.68. The van der Waals surface area contributed by atoms with E-state index in [1.807, 2.05) is 0 Å². The number of nitrogens with zero attached hydrogens (tertiary/aromatic N) is 1. The molecule has 1 amide bonds. The van der Waals surface area contributed by atoms with Gasteiger partial charge in [0.05, 0.1) is 17.8 Å². The SMILES string of the molecule is O=C1C(=O)N(Cc2cc(F)ccc2F)c2ccc(Cl)cc21. The summed E-state index contributed by atoms with van der Waals surface area (Å²) < 4.78 is 26.9. The third kappa shape index (κ3) is 2.29. The summed E-state index contributed by atoms with van der Waals surface area (Å²) in [4.78, 5) is 25.0. The van der Waals surface area contributed by atoms with Crippen molar-refractivity contribution in [1.82, 2.24) is 0 Å². The fraction of sp³-hybridized carbons (Fsp3) is 0.0667. The second-order valence-electron chi connectivity index (χ2n) is 4.62. The monoisotopic (exact) mass is 307 g/mol. The van der Waals surface area contributed by atoms with E-state index in [9.17, 15) is 18.4 Å². The van der Waals surface area contributed by atoms with Crippen LogP contribution >= 0.6 is 11.6 Å². The lowest BCUT2D eigenvalue weighted by Gasteiger charge is -2.17. The lowest BCUT2D eigenvalue weighted by atomic mass is 10.1. The highest BCUT2D eigenvalue weighted by Crippen LogP contribution is 2.32. The summed E-state index contributed by atoms with van der Waals surface area (Å²) in [6.45, 7) is -0.219. The number of amides is 1. The van der Waals surface area contributed by atoms with Crippen molar-refractivity contribution >= 4 is 29.0 Å². The molecule has 3 nitrogen and oxygen atoms in total. The van der Waals surface area contributed by atoms with Gasteiger partial charge in [-0.2, -0.15) is 0 Å². The largest absolute Gasteiger partial charge is 0.300 e. The van der Waals surface area contributed by atoms with Gasteiger partial charge in [0.1, 0.15) is 11.6 Å². The van der Waals surface area contributed by atoms with Crippen molar-refractivity contribution in [2.24, 2.45) is 0 Å². The fourth-order valence-electron chi connectivity index (χ4n) is 2.26. The summed E-state index contributed by atoms with van der Waals surface area (Å²) in [5.41, 5.74) is 0.515. The van der Waals surface area contributed by atoms with Crippen molar-refractivity contribution in [1.29, 1.82) is 0 Å². The van der Waals surface area contributed by atoms with Crippen LogP contribution in [0.1, 0.15) is 15.9 Å². The molecule has 0 aliphatic carbocycles. The first-order valence-corrected chi connectivity index (χ1v) is 6.45. The summed E-state index contributed by atoms with van der Waals surface area (Å²) in [6, 6.07) is 7.40. The molecule has 0 saturated heterocycles. The van der Waals surface area contributed by atoms with Gasteiger partial charge in [-0.05, 0) is 36.4 Å². The fourth-order valence-corrected chi connectivity index (χ4v) is 2.44. The lowest BCUT2D eigenvalue weighted by Crippen LogP contribution is -2.29. The van der Waals surface area contributed by atoms with E-state index >= 15 is 0 Å². The minimum atomic E-state index is -0.782. The maximum atomic E-state index is 13.7. The molecule has 0 unspecified atom stereocenters. The number of halogens is 3. The van der Waals surface area contributed by atoms with Gasteiger partial charge >= 0.3 is 0 Å². The predicted molar refractivity (Wildman–Crippen MR) is 73.3 cm³/mol. The van der Waals surface area contributed by atoms with Gasteiger partial charge in [0.25, 0.3) is 11.7 Å². The van der Waals surface area contributed by atoms with Crippen LogP contribution in [0.5, 0.6) is 0 Å². The van der Waals surface area contributed by atoms with Crippen LogP contribution in [0.3, 0.4) is 0 Å². The van der Waals surface area contributed by atoms with Crippen molar-refractivity contribution in [3.05, 3.63) is 64.2 Å². The van der Waals surface area contributed by atoms with E-state index in [0.717, 1.165) is 23.1 Å². The topological polar surface area (TPSA) is 37.4 Å². The van der Waals surface area contributed by atoms with Gasteiger partial charge < -0.3 is 4.90 Å². The first-order chi connectivity index (χ1) is 9.97. The molecule has 0 spiro atoms. The molecule has 106 valence electrons. The van der Waals surface area contributed by atoms with E-state index in [1.165, 1.54) is 18.2 Å². The third-order valence-corrected chi connectivity index (χ3v) is 3.50. The summed E-state index contributed by atoms with van der Waals surface area (Å²) >= 11 is 5.80. The molecule has 21 heavy (non-hydrogen) atoms. The second kappa shape index (κ2) is 4.93. The summed E-state index contributed by atoms with van der Waals surface area (Å²) in [7, 11) is 0. The molecule has 3 rings (SSSR count). The van der Waals surface area contributed by atoms with E-state index in [0.29, 0.717) is 10.7 Å². The Kier molecular flexibility index (Phi) is 3.22. The highest BCUT2D eigenvalue weighted by Gasteiger charge is 2.36. The lowest BCUT2D eigenvalue weighted by molar-refractivity contribution is -0.114. The van der Waals surface area contributed by atoms with E-state index in [2.05, 4.69) is 0 Å². The van der Waals surface area contributed by atoms with Crippen molar-refractivity contribution in [2.75, 3.05) is 4.90 Å². The Morgan fingerprint density at radius 3 is 2.57 bits per heavy atom. The molecule has 0 radical (unpaired) electrons. The number of carbonyl (C=O) groups is 2. The van der Waals surface area contributed by atoms with Gasteiger partial charge in [-0.1, -0.05) is 11.6 Å². The minimum Gasteiger partial charge on any atom is -0.300 e. The Labute approximate surface area is 123 Å². The number of carbonyl (C=O) groups excluding carboxylic acids is 2. The first kappa shape index (κ1) is 13.7. The smallest absolute Gasteiger partial charge is 0.299 e. The second-order valence-corrected chi connectivity index (χ2v) is 5.05. The summed E-state index contributed by atoms with van der Waals surface area (Å²) in [5, 5.41) is 0.327. The number of hydrogen-bond donors (Lipinski definition) is 0. The van der Waals surface area contributed by atoms with Crippen LogP contribution in [0.2, 0.25) is 5.02 Å². The molecule has 1 aliphatic heterocycles. The molecule has 0 N–H and O–H groups in total. The normalized spacial score (nSPS) is 13.8. The highest BCUT2D eigenvalue weighted by molar-refractivity contribution is 6.52. The number of Topliss-reactive ketones (excluding diaryl/α,β-unsaturated/α-hetero) is 1. The van der Waals surface area contributed by atoms with Gasteiger partial charge in [0.2, 0.25) is 0 Å². The van der Waals surface area contributed by atoms with Crippen molar-refractivity contribution < 1.29 is 18.4 Å². The number of fused-ring (bicyclic) bond motifs is 1. The Bertz CT molecular complexity index is 776. The zero-order chi connectivity index (χ0) is 15.1. The van der Waals surface area contributed by atoms with Gasteiger partial charge in [-0.25, -0.2) is 8.78 Å². The van der Waals surface area contributed by atoms with Gasteiger partial charge in [0.15, 0.2) is 0 Å². The standard InChI is InChI=1S/C15H8ClF2NO2/c16-9-1-4-13-11(6-9)14(20)15(21)19(13)7-8-5-10(17)2-3-12(8)18/h1-6H,7H2. The van der Waals surface area contributed by atoms with Gasteiger partial charge in [0, 0.05) is 10.6 Å². The average molecular weight is 308 g/mol. The van der Waals surface area contributed by atoms with Crippen molar-refractivity contribution in [3.8, 4) is 0 Å². The number of rotatable bonds is 2. The van der Waals surface area contributed by atoms with E-state index < -0.39 is 23.3 Å². The summed E-state index contributed by atoms with van der Waals surface area (Å²) in [5.74, 6) is -2.74. The Balaban J connectivity index is 2.02. The Hall–Kier alpha value is -2.27. The molecule has 0 fully saturated rings. The molecule has 1 aliphatic rings. The first-order valence-electron chi connectivity index (χ1n) is 6.07. The molecule has 2 aromatic carbocycles. The predicted octanol–water partition coefficient (Wildman–Crippen LogP) is 3.35. The van der Waals surface area contributed by atoms with Crippen LogP contribution in [0.15, 0.2) is 36.4 Å². The van der Waals surface area contributed by atoms with Crippen LogP contribution in [0, 0.1) is 11.6 Å². The molecule has 6 heteroatoms. The molecule has 1 heterocycles. The van der Waals surface area contributed by atoms with Crippen LogP contribution in [0.25, 0.3) is 0 Å². The molecule has 0 atom stereocenters. The van der Waals surface area contributed by atoms with Crippen LogP contribution in [-0.4, -0.2) is 11.7 Å². The quantitative estimate of drug-likeness (QED) is 0.798. The third-order valence-electron chi connectivity index (χ3n) is 3.27. The van der Waals surface area contributed by atoms with E-state index in [1.54, 1.807) is 0 Å². The molecular formula is C15H8ClF2NO2. The zero-order valence-electron chi connectivity index (χ0n) is 10.6. The van der Waals surface area contributed by atoms with E-state index in [4.69, 9.17) is 11.6 Å². The van der Waals surface area contributed by atoms with Gasteiger partial charge in [-0.3, -0.25) is 9.59 Å².